The smallest absolute Gasteiger partial charge is 0.160 e. The summed E-state index contributed by atoms with van der Waals surface area (Å²) < 4.78 is 0. The maximum atomic E-state index is 5.21. The zero-order valence-electron chi connectivity index (χ0n) is 22.6. The van der Waals surface area contributed by atoms with E-state index in [4.69, 9.17) is 9.97 Å². The van der Waals surface area contributed by atoms with Gasteiger partial charge in [0.05, 0.1) is 11.4 Å². The highest BCUT2D eigenvalue weighted by Gasteiger charge is 2.36. The Labute approximate surface area is 235 Å². The Morgan fingerprint density at radius 1 is 0.525 bits per heavy atom. The molecule has 0 fully saturated rings. The fourth-order valence-electron chi connectivity index (χ4n) is 6.73. The average molecular weight is 513 g/mol. The van der Waals surface area contributed by atoms with Gasteiger partial charge in [-0.05, 0) is 45.0 Å². The number of hydrogen-bond donors (Lipinski definition) is 0. The lowest BCUT2D eigenvalue weighted by atomic mass is 9.82. The average Bonchev–Trinajstić information content (AvgIpc) is 3.49. The third-order valence-corrected chi connectivity index (χ3v) is 8.74. The summed E-state index contributed by atoms with van der Waals surface area (Å²) in [5.41, 5.74) is 16.0. The van der Waals surface area contributed by atoms with Gasteiger partial charge < -0.3 is 0 Å². The summed E-state index contributed by atoms with van der Waals surface area (Å²) >= 11 is 0. The molecule has 1 aromatic heterocycles. The number of aromatic nitrogens is 2. The van der Waals surface area contributed by atoms with Crippen molar-refractivity contribution in [3.63, 3.8) is 0 Å². The van der Waals surface area contributed by atoms with Gasteiger partial charge in [0.1, 0.15) is 0 Å². The first-order chi connectivity index (χ1) is 19.6. The topological polar surface area (TPSA) is 25.8 Å². The van der Waals surface area contributed by atoms with Gasteiger partial charge in [-0.25, -0.2) is 9.97 Å². The van der Waals surface area contributed by atoms with Gasteiger partial charge in [0.15, 0.2) is 5.82 Å². The van der Waals surface area contributed by atoms with E-state index in [1.807, 2.05) is 6.07 Å². The lowest BCUT2D eigenvalue weighted by Gasteiger charge is -2.21. The van der Waals surface area contributed by atoms with E-state index in [9.17, 15) is 0 Å². The quantitative estimate of drug-likeness (QED) is 0.236. The molecule has 0 saturated carbocycles. The number of rotatable bonds is 3. The summed E-state index contributed by atoms with van der Waals surface area (Å²) in [6.07, 6.45) is 0.840. The molecule has 2 aliphatic rings. The first kappa shape index (κ1) is 23.1. The van der Waals surface area contributed by atoms with Crippen molar-refractivity contribution in [3.8, 4) is 56.2 Å². The molecular weight excluding hydrogens is 484 g/mol. The molecule has 0 radical (unpaired) electrons. The number of fused-ring (bicyclic) bond motifs is 6. The van der Waals surface area contributed by atoms with Gasteiger partial charge in [0, 0.05) is 34.1 Å². The highest BCUT2D eigenvalue weighted by molar-refractivity contribution is 5.94. The van der Waals surface area contributed by atoms with Gasteiger partial charge in [-0.2, -0.15) is 0 Å². The SMILES string of the molecule is CC1(C)c2ccccc2-c2c(-c3ccc4c(c3)-c3nc(-c5ccccc5)nc(-c5ccccc5)c3C4)cccc21. The predicted molar refractivity (Wildman–Crippen MR) is 164 cm³/mol. The standard InChI is InChI=1S/C38H28N2/c1-38(2)32-18-10-9-16-29(32)34-28(17-11-19-33(34)38)26-20-21-27-23-31-35(24-12-5-3-6-13-24)39-37(25-14-7-4-8-15-25)40-36(31)30(27)22-26/h3-22H,23H2,1-2H3. The van der Waals surface area contributed by atoms with E-state index >= 15 is 0 Å². The minimum atomic E-state index is -0.0202. The molecule has 0 N–H and O–H groups in total. The molecule has 0 spiro atoms. The normalized spacial score (nSPS) is 13.8. The van der Waals surface area contributed by atoms with Gasteiger partial charge in [0.25, 0.3) is 0 Å². The van der Waals surface area contributed by atoms with Crippen molar-refractivity contribution in [3.05, 3.63) is 144 Å². The molecule has 0 amide bonds. The number of benzene rings is 5. The van der Waals surface area contributed by atoms with E-state index in [1.54, 1.807) is 0 Å². The predicted octanol–water partition coefficient (Wildman–Crippen LogP) is 9.36. The number of nitrogens with zero attached hydrogens (tertiary/aromatic N) is 2. The molecule has 0 atom stereocenters. The van der Waals surface area contributed by atoms with Crippen LogP contribution in [-0.2, 0) is 11.8 Å². The second kappa shape index (κ2) is 8.59. The first-order valence-corrected chi connectivity index (χ1v) is 14.0. The van der Waals surface area contributed by atoms with Crippen molar-refractivity contribution in [2.24, 2.45) is 0 Å². The van der Waals surface area contributed by atoms with Crippen molar-refractivity contribution in [1.29, 1.82) is 0 Å². The highest BCUT2D eigenvalue weighted by atomic mass is 14.9. The molecule has 0 bridgehead atoms. The zero-order valence-corrected chi connectivity index (χ0v) is 22.6. The summed E-state index contributed by atoms with van der Waals surface area (Å²) in [5, 5.41) is 0. The van der Waals surface area contributed by atoms with Crippen molar-refractivity contribution >= 4 is 0 Å². The summed E-state index contributed by atoms with van der Waals surface area (Å²) in [6.45, 7) is 4.68. The summed E-state index contributed by atoms with van der Waals surface area (Å²) in [5.74, 6) is 0.771. The molecule has 190 valence electrons. The van der Waals surface area contributed by atoms with E-state index in [0.717, 1.165) is 34.8 Å². The molecule has 0 aliphatic heterocycles. The van der Waals surface area contributed by atoms with E-state index in [-0.39, 0.29) is 5.41 Å². The molecule has 0 unspecified atom stereocenters. The van der Waals surface area contributed by atoms with E-state index in [1.165, 1.54) is 50.1 Å². The maximum absolute atomic E-state index is 5.21. The molecular formula is C38H28N2. The van der Waals surface area contributed by atoms with Crippen LogP contribution < -0.4 is 0 Å². The monoisotopic (exact) mass is 512 g/mol. The van der Waals surface area contributed by atoms with Crippen LogP contribution in [0.15, 0.2) is 121 Å². The Bertz CT molecular complexity index is 1940. The van der Waals surface area contributed by atoms with Gasteiger partial charge in [-0.1, -0.05) is 129 Å². The largest absolute Gasteiger partial charge is 0.228 e. The van der Waals surface area contributed by atoms with Crippen LogP contribution in [0.25, 0.3) is 56.2 Å². The van der Waals surface area contributed by atoms with Crippen LogP contribution in [-0.4, -0.2) is 9.97 Å². The van der Waals surface area contributed by atoms with Crippen molar-refractivity contribution in [1.82, 2.24) is 9.97 Å². The third-order valence-electron chi connectivity index (χ3n) is 8.74. The summed E-state index contributed by atoms with van der Waals surface area (Å²) in [7, 11) is 0. The molecule has 40 heavy (non-hydrogen) atoms. The van der Waals surface area contributed by atoms with Crippen molar-refractivity contribution in [2.75, 3.05) is 0 Å². The second-order valence-electron chi connectivity index (χ2n) is 11.4. The van der Waals surface area contributed by atoms with Crippen LogP contribution in [0.1, 0.15) is 36.1 Å². The minimum absolute atomic E-state index is 0.0202. The zero-order chi connectivity index (χ0) is 26.8. The Balaban J connectivity index is 1.34. The van der Waals surface area contributed by atoms with Gasteiger partial charge in [-0.3, -0.25) is 0 Å². The summed E-state index contributed by atoms with van der Waals surface area (Å²) in [6, 6.07) is 43.5. The summed E-state index contributed by atoms with van der Waals surface area (Å²) in [4.78, 5) is 10.3. The minimum Gasteiger partial charge on any atom is -0.228 e. The maximum Gasteiger partial charge on any atom is 0.160 e. The Morgan fingerprint density at radius 3 is 1.98 bits per heavy atom. The fourth-order valence-corrected chi connectivity index (χ4v) is 6.73. The van der Waals surface area contributed by atoms with Gasteiger partial charge >= 0.3 is 0 Å². The Hall–Kier alpha value is -4.82. The van der Waals surface area contributed by atoms with Gasteiger partial charge in [-0.15, -0.1) is 0 Å². The highest BCUT2D eigenvalue weighted by Crippen LogP contribution is 2.52. The second-order valence-corrected chi connectivity index (χ2v) is 11.4. The lowest BCUT2D eigenvalue weighted by Crippen LogP contribution is -2.14. The van der Waals surface area contributed by atoms with Crippen LogP contribution in [0.3, 0.4) is 0 Å². The van der Waals surface area contributed by atoms with Crippen LogP contribution >= 0.6 is 0 Å². The van der Waals surface area contributed by atoms with Gasteiger partial charge in [0.2, 0.25) is 0 Å². The van der Waals surface area contributed by atoms with Crippen LogP contribution in [0.2, 0.25) is 0 Å². The molecule has 6 aromatic rings. The fraction of sp³-hybridized carbons (Fsp3) is 0.105. The Kier molecular flexibility index (Phi) is 4.96. The molecule has 0 saturated heterocycles. The van der Waals surface area contributed by atoms with Crippen LogP contribution in [0, 0.1) is 0 Å². The molecule has 8 rings (SSSR count). The van der Waals surface area contributed by atoms with Crippen molar-refractivity contribution in [2.45, 2.75) is 25.7 Å². The van der Waals surface area contributed by atoms with E-state index in [0.29, 0.717) is 0 Å². The van der Waals surface area contributed by atoms with E-state index in [2.05, 4.69) is 129 Å². The Morgan fingerprint density at radius 2 is 1.18 bits per heavy atom. The molecule has 1 heterocycles. The van der Waals surface area contributed by atoms with Crippen molar-refractivity contribution < 1.29 is 0 Å². The van der Waals surface area contributed by atoms with E-state index < -0.39 is 0 Å². The molecule has 5 aromatic carbocycles. The first-order valence-electron chi connectivity index (χ1n) is 14.0. The third kappa shape index (κ3) is 3.36. The number of hydrogen-bond acceptors (Lipinski definition) is 2. The molecule has 2 heteroatoms. The molecule has 2 aliphatic carbocycles. The van der Waals surface area contributed by atoms with Crippen LogP contribution in [0.5, 0.6) is 0 Å². The molecule has 2 nitrogen and oxygen atoms in total. The lowest BCUT2D eigenvalue weighted by molar-refractivity contribution is 0.660. The van der Waals surface area contributed by atoms with Crippen LogP contribution in [0.4, 0.5) is 0 Å².